The van der Waals surface area contributed by atoms with Gasteiger partial charge in [-0.3, -0.25) is 10.1 Å². The molecule has 1 aliphatic rings. The highest BCUT2D eigenvalue weighted by Crippen LogP contribution is 2.24. The van der Waals surface area contributed by atoms with Gasteiger partial charge in [0.25, 0.3) is 5.69 Å². The first kappa shape index (κ1) is 19.9. The maximum Gasteiger partial charge on any atom is 0.338 e. The van der Waals surface area contributed by atoms with Crippen molar-refractivity contribution in [2.24, 2.45) is 0 Å². The third-order valence-electron chi connectivity index (χ3n) is 4.42. The summed E-state index contributed by atoms with van der Waals surface area (Å²) in [4.78, 5) is 22.1. The van der Waals surface area contributed by atoms with Crippen molar-refractivity contribution >= 4 is 11.7 Å². The van der Waals surface area contributed by atoms with E-state index in [1.54, 1.807) is 0 Å². The number of aliphatic hydroxyl groups excluding tert-OH is 1. The van der Waals surface area contributed by atoms with E-state index in [4.69, 9.17) is 14.2 Å². The van der Waals surface area contributed by atoms with Crippen molar-refractivity contribution in [2.45, 2.75) is 37.9 Å². The average Bonchev–Trinajstić information content (AvgIpc) is 3.20. The molecular formula is C20H21NO7. The first-order valence-electron chi connectivity index (χ1n) is 8.93. The standard InChI is InChI=1S/C20H21NO7/c22-17(13-27-20(23)15-6-8-16(9-7-15)21(24)25)18-10-11-19(28-18)26-12-14-4-2-1-3-5-14/h1-9,17-19,22H,10-13H2/t17-,18+,19+/m0/s1. The number of aliphatic hydroxyl groups is 1. The van der Waals surface area contributed by atoms with Crippen LogP contribution in [0.1, 0.15) is 28.8 Å². The van der Waals surface area contributed by atoms with E-state index in [9.17, 15) is 20.0 Å². The number of carbonyl (C=O) groups excluding carboxylic acids is 1. The Hall–Kier alpha value is -2.81. The highest BCUT2D eigenvalue weighted by molar-refractivity contribution is 5.89. The summed E-state index contributed by atoms with van der Waals surface area (Å²) in [5.74, 6) is -0.663. The van der Waals surface area contributed by atoms with Gasteiger partial charge in [0.05, 0.1) is 23.2 Å². The molecule has 1 fully saturated rings. The number of nitrogens with zero attached hydrogens (tertiary/aromatic N) is 1. The summed E-state index contributed by atoms with van der Waals surface area (Å²) in [5, 5.41) is 20.8. The van der Waals surface area contributed by atoms with Gasteiger partial charge in [-0.2, -0.15) is 0 Å². The van der Waals surface area contributed by atoms with Crippen LogP contribution in [0.4, 0.5) is 5.69 Å². The summed E-state index contributed by atoms with van der Waals surface area (Å²) in [6, 6.07) is 14.8. The number of ether oxygens (including phenoxy) is 3. The maximum absolute atomic E-state index is 12.0. The lowest BCUT2D eigenvalue weighted by Gasteiger charge is -2.19. The monoisotopic (exact) mass is 387 g/mol. The third kappa shape index (κ3) is 5.35. The van der Waals surface area contributed by atoms with Gasteiger partial charge in [0.1, 0.15) is 12.7 Å². The second-order valence-corrected chi connectivity index (χ2v) is 6.45. The molecule has 1 aliphatic heterocycles. The molecule has 0 amide bonds. The Labute approximate surface area is 161 Å². The number of benzene rings is 2. The smallest absolute Gasteiger partial charge is 0.338 e. The van der Waals surface area contributed by atoms with Crippen molar-refractivity contribution in [3.8, 4) is 0 Å². The highest BCUT2D eigenvalue weighted by atomic mass is 16.7. The zero-order chi connectivity index (χ0) is 19.9. The Balaban J connectivity index is 1.41. The molecule has 0 unspecified atom stereocenters. The molecule has 3 rings (SSSR count). The largest absolute Gasteiger partial charge is 0.459 e. The van der Waals surface area contributed by atoms with Crippen molar-refractivity contribution in [3.63, 3.8) is 0 Å². The molecule has 28 heavy (non-hydrogen) atoms. The Kier molecular flexibility index (Phi) is 6.70. The molecule has 0 aromatic heterocycles. The fraction of sp³-hybridized carbons (Fsp3) is 0.350. The Morgan fingerprint density at radius 2 is 1.89 bits per heavy atom. The summed E-state index contributed by atoms with van der Waals surface area (Å²) in [5.41, 5.74) is 1.10. The van der Waals surface area contributed by atoms with Gasteiger partial charge in [0.2, 0.25) is 0 Å². The zero-order valence-corrected chi connectivity index (χ0v) is 15.1. The SMILES string of the molecule is O=C(OC[C@H](O)[C@H]1CC[C@H](OCc2ccccc2)O1)c1ccc([N+](=O)[O-])cc1. The summed E-state index contributed by atoms with van der Waals surface area (Å²) in [7, 11) is 0. The van der Waals surface area contributed by atoms with Crippen LogP contribution < -0.4 is 0 Å². The lowest BCUT2D eigenvalue weighted by Crippen LogP contribution is -2.32. The second-order valence-electron chi connectivity index (χ2n) is 6.45. The van der Waals surface area contributed by atoms with Crippen molar-refractivity contribution in [3.05, 3.63) is 75.8 Å². The Bertz CT molecular complexity index is 794. The molecule has 3 atom stereocenters. The molecule has 1 heterocycles. The van der Waals surface area contributed by atoms with Gasteiger partial charge in [-0.05, 0) is 24.1 Å². The molecule has 0 spiro atoms. The molecule has 0 aliphatic carbocycles. The third-order valence-corrected chi connectivity index (χ3v) is 4.42. The molecule has 8 heteroatoms. The second kappa shape index (κ2) is 9.41. The molecule has 0 bridgehead atoms. The molecule has 148 valence electrons. The van der Waals surface area contributed by atoms with Gasteiger partial charge in [0, 0.05) is 18.6 Å². The molecule has 1 saturated heterocycles. The summed E-state index contributed by atoms with van der Waals surface area (Å²) in [6.45, 7) is 0.190. The van der Waals surface area contributed by atoms with Gasteiger partial charge in [0.15, 0.2) is 6.29 Å². The van der Waals surface area contributed by atoms with Crippen molar-refractivity contribution in [1.29, 1.82) is 0 Å². The minimum atomic E-state index is -0.979. The van der Waals surface area contributed by atoms with Crippen LogP contribution >= 0.6 is 0 Å². The number of nitro benzene ring substituents is 1. The van der Waals surface area contributed by atoms with E-state index in [2.05, 4.69) is 0 Å². The average molecular weight is 387 g/mol. The van der Waals surface area contributed by atoms with E-state index in [1.165, 1.54) is 24.3 Å². The first-order valence-corrected chi connectivity index (χ1v) is 8.93. The summed E-state index contributed by atoms with van der Waals surface area (Å²) >= 11 is 0. The highest BCUT2D eigenvalue weighted by Gasteiger charge is 2.32. The van der Waals surface area contributed by atoms with Gasteiger partial charge in [-0.15, -0.1) is 0 Å². The van der Waals surface area contributed by atoms with Gasteiger partial charge in [-0.1, -0.05) is 30.3 Å². The fourth-order valence-electron chi connectivity index (χ4n) is 2.87. The first-order chi connectivity index (χ1) is 13.5. The van der Waals surface area contributed by atoms with Crippen LogP contribution in [0, 0.1) is 10.1 Å². The van der Waals surface area contributed by atoms with Crippen LogP contribution in [-0.2, 0) is 20.8 Å². The van der Waals surface area contributed by atoms with Crippen LogP contribution in [0.3, 0.4) is 0 Å². The van der Waals surface area contributed by atoms with Crippen LogP contribution in [0.15, 0.2) is 54.6 Å². The normalized spacial score (nSPS) is 19.9. The van der Waals surface area contributed by atoms with Gasteiger partial charge < -0.3 is 19.3 Å². The topological polar surface area (TPSA) is 108 Å². The number of hydrogen-bond donors (Lipinski definition) is 1. The predicted molar refractivity (Wildman–Crippen MR) is 98.5 cm³/mol. The maximum atomic E-state index is 12.0. The minimum Gasteiger partial charge on any atom is -0.459 e. The molecule has 1 N–H and O–H groups in total. The number of rotatable bonds is 8. The number of non-ortho nitro benzene ring substituents is 1. The summed E-state index contributed by atoms with van der Waals surface area (Å²) < 4.78 is 16.5. The number of carbonyl (C=O) groups is 1. The van der Waals surface area contributed by atoms with Crippen molar-refractivity contribution in [2.75, 3.05) is 6.61 Å². The predicted octanol–water partition coefficient (Wildman–Crippen LogP) is 2.83. The molecule has 8 nitrogen and oxygen atoms in total. The van der Waals surface area contributed by atoms with E-state index < -0.39 is 29.4 Å². The number of esters is 1. The van der Waals surface area contributed by atoms with Gasteiger partial charge in [-0.25, -0.2) is 4.79 Å². The molecular weight excluding hydrogens is 366 g/mol. The molecule has 2 aromatic carbocycles. The fourth-order valence-corrected chi connectivity index (χ4v) is 2.87. The van der Waals surface area contributed by atoms with Crippen molar-refractivity contribution in [1.82, 2.24) is 0 Å². The van der Waals surface area contributed by atoms with Crippen LogP contribution in [0.2, 0.25) is 0 Å². The van der Waals surface area contributed by atoms with Crippen LogP contribution in [0.25, 0.3) is 0 Å². The Morgan fingerprint density at radius 3 is 2.57 bits per heavy atom. The number of nitro groups is 1. The molecule has 0 saturated carbocycles. The van der Waals surface area contributed by atoms with Crippen LogP contribution in [-0.4, -0.2) is 41.1 Å². The van der Waals surface area contributed by atoms with E-state index in [0.29, 0.717) is 19.4 Å². The van der Waals surface area contributed by atoms with Crippen LogP contribution in [0.5, 0.6) is 0 Å². The van der Waals surface area contributed by atoms with Gasteiger partial charge >= 0.3 is 5.97 Å². The zero-order valence-electron chi connectivity index (χ0n) is 15.1. The molecule has 0 radical (unpaired) electrons. The van der Waals surface area contributed by atoms with E-state index in [-0.39, 0.29) is 17.9 Å². The lowest BCUT2D eigenvalue weighted by atomic mass is 10.1. The lowest BCUT2D eigenvalue weighted by molar-refractivity contribution is -0.384. The van der Waals surface area contributed by atoms with E-state index in [0.717, 1.165) is 5.56 Å². The Morgan fingerprint density at radius 1 is 1.18 bits per heavy atom. The quantitative estimate of drug-likeness (QED) is 0.421. The molecule has 2 aromatic rings. The van der Waals surface area contributed by atoms with E-state index in [1.807, 2.05) is 30.3 Å². The van der Waals surface area contributed by atoms with Crippen molar-refractivity contribution < 1.29 is 29.0 Å². The van der Waals surface area contributed by atoms with E-state index >= 15 is 0 Å². The minimum absolute atomic E-state index is 0.113. The number of hydrogen-bond acceptors (Lipinski definition) is 7. The summed E-state index contributed by atoms with van der Waals surface area (Å²) in [6.07, 6.45) is -0.636.